The average Bonchev–Trinajstić information content (AvgIpc) is 2.17. The van der Waals surface area contributed by atoms with Crippen molar-refractivity contribution in [1.29, 1.82) is 0 Å². The van der Waals surface area contributed by atoms with E-state index < -0.39 is 0 Å². The van der Waals surface area contributed by atoms with Crippen LogP contribution >= 0.6 is 0 Å². The Kier molecular flexibility index (Phi) is 3.96. The first kappa shape index (κ1) is 9.71. The first-order chi connectivity index (χ1) is 6.33. The molecule has 0 aliphatic carbocycles. The van der Waals surface area contributed by atoms with Crippen LogP contribution in [-0.4, -0.2) is 10.9 Å². The molecule has 1 amide bonds. The predicted molar refractivity (Wildman–Crippen MR) is 50.7 cm³/mol. The van der Waals surface area contributed by atoms with Gasteiger partial charge in [-0.05, 0) is 24.1 Å². The number of carbonyl (C=O) groups is 1. The molecule has 0 atom stereocenters. The van der Waals surface area contributed by atoms with E-state index in [9.17, 15) is 4.79 Å². The van der Waals surface area contributed by atoms with Crippen LogP contribution < -0.4 is 5.32 Å². The first-order valence-electron chi connectivity index (χ1n) is 4.33. The van der Waals surface area contributed by atoms with E-state index in [1.165, 1.54) is 0 Å². The van der Waals surface area contributed by atoms with Crippen molar-refractivity contribution in [3.63, 3.8) is 0 Å². The van der Waals surface area contributed by atoms with E-state index >= 15 is 0 Å². The third-order valence-electron chi connectivity index (χ3n) is 1.61. The summed E-state index contributed by atoms with van der Waals surface area (Å²) < 4.78 is 0. The summed E-state index contributed by atoms with van der Waals surface area (Å²) in [5.41, 5.74) is 1.06. The van der Waals surface area contributed by atoms with Crippen molar-refractivity contribution in [3.8, 4) is 0 Å². The fraction of sp³-hybridized carbons (Fsp3) is 0.300. The van der Waals surface area contributed by atoms with E-state index in [2.05, 4.69) is 10.3 Å². The van der Waals surface area contributed by atoms with E-state index in [1.807, 2.05) is 19.1 Å². The smallest absolute Gasteiger partial charge is 0.224 e. The highest BCUT2D eigenvalue weighted by molar-refractivity contribution is 5.84. The molecule has 1 rings (SSSR count). The van der Waals surface area contributed by atoms with Crippen molar-refractivity contribution >= 4 is 5.91 Å². The zero-order valence-corrected chi connectivity index (χ0v) is 7.66. The summed E-state index contributed by atoms with van der Waals surface area (Å²) in [6.45, 7) is 2.50. The highest BCUT2D eigenvalue weighted by Gasteiger charge is 1.98. The SMILES string of the molecule is CC[CH]C(=O)NCc1ccncc1. The van der Waals surface area contributed by atoms with Crippen molar-refractivity contribution in [3.05, 3.63) is 36.5 Å². The Morgan fingerprint density at radius 2 is 2.23 bits per heavy atom. The molecule has 0 aromatic carbocycles. The molecular weight excluding hydrogens is 164 g/mol. The van der Waals surface area contributed by atoms with Crippen LogP contribution in [0.1, 0.15) is 18.9 Å². The second-order valence-corrected chi connectivity index (χ2v) is 2.69. The zero-order valence-electron chi connectivity index (χ0n) is 7.66. The predicted octanol–water partition coefficient (Wildman–Crippen LogP) is 1.31. The van der Waals surface area contributed by atoms with Crippen LogP contribution in [0.4, 0.5) is 0 Å². The van der Waals surface area contributed by atoms with Gasteiger partial charge in [-0.15, -0.1) is 0 Å². The van der Waals surface area contributed by atoms with Crippen molar-refractivity contribution < 1.29 is 4.79 Å². The van der Waals surface area contributed by atoms with Gasteiger partial charge in [0, 0.05) is 25.4 Å². The Bertz CT molecular complexity index is 259. The van der Waals surface area contributed by atoms with Gasteiger partial charge in [0.05, 0.1) is 0 Å². The Balaban J connectivity index is 2.31. The molecule has 0 saturated heterocycles. The number of carbonyl (C=O) groups excluding carboxylic acids is 1. The monoisotopic (exact) mass is 177 g/mol. The molecule has 1 radical (unpaired) electrons. The molecule has 13 heavy (non-hydrogen) atoms. The maximum Gasteiger partial charge on any atom is 0.224 e. The Morgan fingerprint density at radius 1 is 1.54 bits per heavy atom. The van der Waals surface area contributed by atoms with Crippen LogP contribution in [-0.2, 0) is 11.3 Å². The summed E-state index contributed by atoms with van der Waals surface area (Å²) in [6.07, 6.45) is 5.82. The van der Waals surface area contributed by atoms with Crippen LogP contribution in [0, 0.1) is 6.42 Å². The van der Waals surface area contributed by atoms with Crippen molar-refractivity contribution in [1.82, 2.24) is 10.3 Å². The van der Waals surface area contributed by atoms with Crippen molar-refractivity contribution in [2.45, 2.75) is 19.9 Å². The van der Waals surface area contributed by atoms with Crippen LogP contribution in [0.15, 0.2) is 24.5 Å². The molecule has 1 aromatic rings. The lowest BCUT2D eigenvalue weighted by atomic mass is 10.2. The van der Waals surface area contributed by atoms with Gasteiger partial charge in [0.15, 0.2) is 0 Å². The average molecular weight is 177 g/mol. The molecule has 0 bridgehead atoms. The number of pyridine rings is 1. The summed E-state index contributed by atoms with van der Waals surface area (Å²) >= 11 is 0. The van der Waals surface area contributed by atoms with Gasteiger partial charge in [-0.2, -0.15) is 0 Å². The van der Waals surface area contributed by atoms with E-state index in [4.69, 9.17) is 0 Å². The van der Waals surface area contributed by atoms with E-state index in [0.29, 0.717) is 6.54 Å². The summed E-state index contributed by atoms with van der Waals surface area (Å²) in [5.74, 6) is -0.0145. The van der Waals surface area contributed by atoms with Crippen molar-refractivity contribution in [2.24, 2.45) is 0 Å². The fourth-order valence-corrected chi connectivity index (χ4v) is 0.947. The number of aromatic nitrogens is 1. The van der Waals surface area contributed by atoms with Crippen molar-refractivity contribution in [2.75, 3.05) is 0 Å². The molecule has 1 aromatic heterocycles. The quantitative estimate of drug-likeness (QED) is 0.753. The third-order valence-corrected chi connectivity index (χ3v) is 1.61. The molecule has 3 nitrogen and oxygen atoms in total. The molecule has 0 fully saturated rings. The maximum absolute atomic E-state index is 11.0. The van der Waals surface area contributed by atoms with Crippen LogP contribution in [0.3, 0.4) is 0 Å². The number of hydrogen-bond donors (Lipinski definition) is 1. The summed E-state index contributed by atoms with van der Waals surface area (Å²) in [7, 11) is 0. The van der Waals surface area contributed by atoms with Gasteiger partial charge >= 0.3 is 0 Å². The Hall–Kier alpha value is -1.38. The van der Waals surface area contributed by atoms with Gasteiger partial charge in [0.1, 0.15) is 0 Å². The minimum atomic E-state index is -0.0145. The molecular formula is C10H13N2O. The lowest BCUT2D eigenvalue weighted by Crippen LogP contribution is -2.22. The summed E-state index contributed by atoms with van der Waals surface area (Å²) in [6, 6.07) is 3.76. The van der Waals surface area contributed by atoms with Gasteiger partial charge in [0.2, 0.25) is 5.91 Å². The number of nitrogens with zero attached hydrogens (tertiary/aromatic N) is 1. The fourth-order valence-electron chi connectivity index (χ4n) is 0.947. The molecule has 0 aliphatic rings. The largest absolute Gasteiger partial charge is 0.352 e. The van der Waals surface area contributed by atoms with Gasteiger partial charge in [-0.1, -0.05) is 6.92 Å². The third kappa shape index (κ3) is 3.69. The molecule has 0 aliphatic heterocycles. The Morgan fingerprint density at radius 3 is 2.85 bits per heavy atom. The zero-order chi connectivity index (χ0) is 9.52. The van der Waals surface area contributed by atoms with Gasteiger partial charge in [-0.3, -0.25) is 9.78 Å². The van der Waals surface area contributed by atoms with Crippen LogP contribution in [0.25, 0.3) is 0 Å². The minimum absolute atomic E-state index is 0.0145. The number of amides is 1. The maximum atomic E-state index is 11.0. The lowest BCUT2D eigenvalue weighted by molar-refractivity contribution is -0.118. The molecule has 1 N–H and O–H groups in total. The summed E-state index contributed by atoms with van der Waals surface area (Å²) in [4.78, 5) is 14.9. The molecule has 69 valence electrons. The minimum Gasteiger partial charge on any atom is -0.352 e. The normalized spacial score (nSPS) is 9.62. The lowest BCUT2D eigenvalue weighted by Gasteiger charge is -2.02. The molecule has 0 spiro atoms. The van der Waals surface area contributed by atoms with Gasteiger partial charge in [0.25, 0.3) is 0 Å². The Labute approximate surface area is 78.2 Å². The molecule has 1 heterocycles. The number of hydrogen-bond acceptors (Lipinski definition) is 2. The molecule has 3 heteroatoms. The summed E-state index contributed by atoms with van der Waals surface area (Å²) in [5, 5.41) is 2.78. The van der Waals surface area contributed by atoms with Gasteiger partial charge < -0.3 is 5.32 Å². The van der Waals surface area contributed by atoms with Crippen LogP contribution in [0.5, 0.6) is 0 Å². The van der Waals surface area contributed by atoms with Gasteiger partial charge in [-0.25, -0.2) is 0 Å². The highest BCUT2D eigenvalue weighted by atomic mass is 16.1. The number of rotatable bonds is 4. The highest BCUT2D eigenvalue weighted by Crippen LogP contribution is 1.95. The standard InChI is InChI=1S/C10H13N2O/c1-2-3-10(13)12-8-9-4-6-11-7-5-9/h3-7H,2,8H2,1H3,(H,12,13). The van der Waals surface area contributed by atoms with E-state index in [-0.39, 0.29) is 5.91 Å². The van der Waals surface area contributed by atoms with Crippen LogP contribution in [0.2, 0.25) is 0 Å². The van der Waals surface area contributed by atoms with E-state index in [0.717, 1.165) is 12.0 Å². The first-order valence-corrected chi connectivity index (χ1v) is 4.33. The topological polar surface area (TPSA) is 42.0 Å². The second-order valence-electron chi connectivity index (χ2n) is 2.69. The molecule has 0 saturated carbocycles. The molecule has 0 unspecified atom stereocenters. The second kappa shape index (κ2) is 5.30. The number of nitrogens with one attached hydrogen (secondary N) is 1. The van der Waals surface area contributed by atoms with E-state index in [1.54, 1.807) is 18.8 Å².